The smallest absolute Gasteiger partial charge is 0.321 e. The molecular formula is C15H30N4O2. The first-order chi connectivity index (χ1) is 9.95. The molecule has 3 N–H and O–H groups in total. The Morgan fingerprint density at radius 1 is 1.33 bits per heavy atom. The Kier molecular flexibility index (Phi) is 7.67. The number of amides is 3. The van der Waals surface area contributed by atoms with Crippen LogP contribution in [0.1, 0.15) is 40.5 Å². The van der Waals surface area contributed by atoms with Crippen LogP contribution in [0.4, 0.5) is 4.79 Å². The van der Waals surface area contributed by atoms with Crippen molar-refractivity contribution in [1.82, 2.24) is 20.9 Å². The number of urea groups is 1. The summed E-state index contributed by atoms with van der Waals surface area (Å²) >= 11 is 0. The summed E-state index contributed by atoms with van der Waals surface area (Å²) < 4.78 is 0. The molecule has 122 valence electrons. The molecule has 1 fully saturated rings. The number of carbonyl (C=O) groups is 2. The number of carbonyl (C=O) groups excluding carboxylic acids is 2. The number of hydrogen-bond donors (Lipinski definition) is 3. The zero-order valence-electron chi connectivity index (χ0n) is 13.7. The zero-order valence-corrected chi connectivity index (χ0v) is 13.7. The molecule has 3 amide bonds. The van der Waals surface area contributed by atoms with Gasteiger partial charge in [-0.1, -0.05) is 0 Å². The third-order valence-corrected chi connectivity index (χ3v) is 3.98. The molecule has 1 rings (SSSR count). The fraction of sp³-hybridized carbons (Fsp3) is 0.867. The van der Waals surface area contributed by atoms with Crippen LogP contribution in [0.15, 0.2) is 0 Å². The molecule has 0 spiro atoms. The van der Waals surface area contributed by atoms with E-state index in [0.717, 1.165) is 19.6 Å². The van der Waals surface area contributed by atoms with E-state index in [2.05, 4.69) is 34.7 Å². The molecule has 2 unspecified atom stereocenters. The maximum Gasteiger partial charge on any atom is 0.321 e. The third kappa shape index (κ3) is 6.01. The highest BCUT2D eigenvalue weighted by molar-refractivity contribution is 5.96. The van der Waals surface area contributed by atoms with E-state index < -0.39 is 6.03 Å². The maximum absolute atomic E-state index is 12.2. The molecule has 1 heterocycles. The Morgan fingerprint density at radius 3 is 2.57 bits per heavy atom. The molecule has 21 heavy (non-hydrogen) atoms. The summed E-state index contributed by atoms with van der Waals surface area (Å²) in [5.41, 5.74) is 0. The van der Waals surface area contributed by atoms with Crippen LogP contribution < -0.4 is 16.0 Å². The van der Waals surface area contributed by atoms with E-state index in [4.69, 9.17) is 0 Å². The topological polar surface area (TPSA) is 73.5 Å². The predicted octanol–water partition coefficient (Wildman–Crippen LogP) is 0.931. The number of hydrogen-bond acceptors (Lipinski definition) is 4. The van der Waals surface area contributed by atoms with E-state index in [1.54, 1.807) is 0 Å². The van der Waals surface area contributed by atoms with Gasteiger partial charge in [0.15, 0.2) is 0 Å². The minimum atomic E-state index is -0.419. The Balaban J connectivity index is 2.57. The van der Waals surface area contributed by atoms with Gasteiger partial charge in [0.2, 0.25) is 5.91 Å². The average Bonchev–Trinajstić information content (AvgIpc) is 2.45. The summed E-state index contributed by atoms with van der Waals surface area (Å²) in [6.45, 7) is 11.4. The largest absolute Gasteiger partial charge is 0.338 e. The fourth-order valence-electron chi connectivity index (χ4n) is 2.77. The lowest BCUT2D eigenvalue weighted by molar-refractivity contribution is -0.125. The average molecular weight is 298 g/mol. The molecule has 0 aliphatic carbocycles. The summed E-state index contributed by atoms with van der Waals surface area (Å²) in [6, 6.07) is -0.464. The van der Waals surface area contributed by atoms with Gasteiger partial charge >= 0.3 is 6.03 Å². The molecular weight excluding hydrogens is 268 g/mol. The first kappa shape index (κ1) is 17.9. The second kappa shape index (κ2) is 9.00. The van der Waals surface area contributed by atoms with Crippen LogP contribution >= 0.6 is 0 Å². The lowest BCUT2D eigenvalue weighted by atomic mass is 9.97. The minimum Gasteiger partial charge on any atom is -0.338 e. The Hall–Kier alpha value is -1.14. The Bertz CT molecular complexity index is 341. The van der Waals surface area contributed by atoms with E-state index in [0.29, 0.717) is 12.5 Å². The highest BCUT2D eigenvalue weighted by Gasteiger charge is 2.27. The molecule has 1 aliphatic heterocycles. The SMILES string of the molecule is CCNC(=O)NC(=O)C(C)N(CC1CCCNC1)C(C)C. The van der Waals surface area contributed by atoms with Crippen molar-refractivity contribution in [3.63, 3.8) is 0 Å². The summed E-state index contributed by atoms with van der Waals surface area (Å²) in [6.07, 6.45) is 2.39. The van der Waals surface area contributed by atoms with Crippen molar-refractivity contribution in [3.8, 4) is 0 Å². The van der Waals surface area contributed by atoms with Gasteiger partial charge in [0.25, 0.3) is 0 Å². The molecule has 0 aromatic rings. The van der Waals surface area contributed by atoms with Gasteiger partial charge < -0.3 is 10.6 Å². The Labute approximate surface area is 128 Å². The maximum atomic E-state index is 12.2. The summed E-state index contributed by atoms with van der Waals surface area (Å²) in [7, 11) is 0. The second-order valence-corrected chi connectivity index (χ2v) is 6.03. The molecule has 1 aliphatic rings. The van der Waals surface area contributed by atoms with Crippen LogP contribution in [-0.2, 0) is 4.79 Å². The minimum absolute atomic E-state index is 0.238. The monoisotopic (exact) mass is 298 g/mol. The number of nitrogens with zero attached hydrogens (tertiary/aromatic N) is 1. The van der Waals surface area contributed by atoms with E-state index in [1.807, 2.05) is 13.8 Å². The van der Waals surface area contributed by atoms with Crippen LogP contribution in [0, 0.1) is 5.92 Å². The number of nitrogens with one attached hydrogen (secondary N) is 3. The zero-order chi connectivity index (χ0) is 15.8. The van der Waals surface area contributed by atoms with Gasteiger partial charge in [0, 0.05) is 19.1 Å². The van der Waals surface area contributed by atoms with E-state index in [1.165, 1.54) is 12.8 Å². The highest BCUT2D eigenvalue weighted by Crippen LogP contribution is 2.16. The number of rotatable bonds is 6. The van der Waals surface area contributed by atoms with Crippen molar-refractivity contribution in [1.29, 1.82) is 0 Å². The van der Waals surface area contributed by atoms with Crippen LogP contribution in [0.5, 0.6) is 0 Å². The molecule has 0 aromatic carbocycles. The Morgan fingerprint density at radius 2 is 2.05 bits per heavy atom. The molecule has 0 saturated carbocycles. The van der Waals surface area contributed by atoms with Gasteiger partial charge in [-0.3, -0.25) is 15.0 Å². The van der Waals surface area contributed by atoms with Crippen LogP contribution in [0.2, 0.25) is 0 Å². The van der Waals surface area contributed by atoms with Crippen molar-refractivity contribution in [2.24, 2.45) is 5.92 Å². The first-order valence-corrected chi connectivity index (χ1v) is 8.00. The predicted molar refractivity (Wildman–Crippen MR) is 84.1 cm³/mol. The van der Waals surface area contributed by atoms with Gasteiger partial charge in [0.05, 0.1) is 6.04 Å². The second-order valence-electron chi connectivity index (χ2n) is 6.03. The quantitative estimate of drug-likeness (QED) is 0.682. The van der Waals surface area contributed by atoms with Gasteiger partial charge in [-0.2, -0.15) is 0 Å². The van der Waals surface area contributed by atoms with Gasteiger partial charge in [0.1, 0.15) is 0 Å². The molecule has 2 atom stereocenters. The van der Waals surface area contributed by atoms with Gasteiger partial charge in [-0.05, 0) is 59.5 Å². The fourth-order valence-corrected chi connectivity index (χ4v) is 2.77. The van der Waals surface area contributed by atoms with Gasteiger partial charge in [-0.15, -0.1) is 0 Å². The molecule has 1 saturated heterocycles. The van der Waals surface area contributed by atoms with Crippen molar-refractivity contribution < 1.29 is 9.59 Å². The number of piperidine rings is 1. The molecule has 6 heteroatoms. The summed E-state index contributed by atoms with van der Waals surface area (Å²) in [4.78, 5) is 25.8. The van der Waals surface area contributed by atoms with Crippen LogP contribution in [-0.4, -0.2) is 55.1 Å². The first-order valence-electron chi connectivity index (χ1n) is 8.00. The lowest BCUT2D eigenvalue weighted by Crippen LogP contribution is -2.53. The lowest BCUT2D eigenvalue weighted by Gasteiger charge is -2.36. The molecule has 0 aromatic heterocycles. The number of imide groups is 1. The standard InChI is InChI=1S/C15H30N4O2/c1-5-17-15(21)18-14(20)12(4)19(11(2)3)10-13-7-6-8-16-9-13/h11-13,16H,5-10H2,1-4H3,(H2,17,18,20,21). The van der Waals surface area contributed by atoms with Crippen molar-refractivity contribution >= 4 is 11.9 Å². The van der Waals surface area contributed by atoms with E-state index >= 15 is 0 Å². The highest BCUT2D eigenvalue weighted by atomic mass is 16.2. The molecule has 6 nitrogen and oxygen atoms in total. The van der Waals surface area contributed by atoms with E-state index in [-0.39, 0.29) is 18.0 Å². The van der Waals surface area contributed by atoms with Crippen molar-refractivity contribution in [2.75, 3.05) is 26.2 Å². The molecule has 0 bridgehead atoms. The van der Waals surface area contributed by atoms with Crippen molar-refractivity contribution in [2.45, 2.75) is 52.6 Å². The third-order valence-electron chi connectivity index (χ3n) is 3.98. The van der Waals surface area contributed by atoms with Crippen LogP contribution in [0.25, 0.3) is 0 Å². The van der Waals surface area contributed by atoms with E-state index in [9.17, 15) is 9.59 Å². The molecule has 0 radical (unpaired) electrons. The summed E-state index contributed by atoms with van der Waals surface area (Å²) in [5.74, 6) is 0.333. The van der Waals surface area contributed by atoms with Crippen molar-refractivity contribution in [3.05, 3.63) is 0 Å². The summed E-state index contributed by atoms with van der Waals surface area (Å²) in [5, 5.41) is 8.39. The normalized spacial score (nSPS) is 20.4. The van der Waals surface area contributed by atoms with Crippen LogP contribution in [0.3, 0.4) is 0 Å². The van der Waals surface area contributed by atoms with Gasteiger partial charge in [-0.25, -0.2) is 4.79 Å².